The Labute approximate surface area is 185 Å². The summed E-state index contributed by atoms with van der Waals surface area (Å²) in [5.41, 5.74) is 0.244. The van der Waals surface area contributed by atoms with Crippen molar-refractivity contribution in [2.75, 3.05) is 36.4 Å². The average Bonchev–Trinajstić information content (AvgIpc) is 3.49. The minimum atomic E-state index is -3.74. The minimum absolute atomic E-state index is 0.0341. The highest BCUT2D eigenvalue weighted by Crippen LogP contribution is 2.33. The van der Waals surface area contributed by atoms with Crippen LogP contribution in [0, 0.1) is 10.1 Å². The Morgan fingerprint density at radius 2 is 1.66 bits per heavy atom. The van der Waals surface area contributed by atoms with Crippen LogP contribution < -0.4 is 10.2 Å². The molecule has 0 bridgehead atoms. The molecule has 0 radical (unpaired) electrons. The van der Waals surface area contributed by atoms with Gasteiger partial charge in [-0.15, -0.1) is 0 Å². The van der Waals surface area contributed by atoms with Crippen LogP contribution in [0.1, 0.15) is 36.0 Å². The van der Waals surface area contributed by atoms with Crippen molar-refractivity contribution in [1.82, 2.24) is 4.31 Å². The molecule has 2 aliphatic rings. The van der Waals surface area contributed by atoms with E-state index in [4.69, 9.17) is 0 Å². The summed E-state index contributed by atoms with van der Waals surface area (Å²) in [5, 5.41) is 24.2. The van der Waals surface area contributed by atoms with E-state index in [1.54, 1.807) is 6.07 Å². The molecule has 1 amide bonds. The fourth-order valence-corrected chi connectivity index (χ4v) is 5.63. The fourth-order valence-electron chi connectivity index (χ4n) is 4.08. The largest absolute Gasteiger partial charge is 0.506 e. The van der Waals surface area contributed by atoms with Crippen LogP contribution >= 0.6 is 0 Å². The molecule has 2 aliphatic heterocycles. The second-order valence-corrected chi connectivity index (χ2v) is 9.84. The highest BCUT2D eigenvalue weighted by molar-refractivity contribution is 7.89. The number of anilines is 2. The van der Waals surface area contributed by atoms with Gasteiger partial charge in [0, 0.05) is 37.8 Å². The number of benzene rings is 2. The number of nitrogens with one attached hydrogen (secondary N) is 1. The zero-order valence-corrected chi connectivity index (χ0v) is 18.2. The Kier molecular flexibility index (Phi) is 6.02. The molecule has 32 heavy (non-hydrogen) atoms. The Balaban J connectivity index is 1.60. The van der Waals surface area contributed by atoms with Crippen molar-refractivity contribution in [2.45, 2.75) is 30.6 Å². The molecule has 2 heterocycles. The molecule has 2 aromatic rings. The van der Waals surface area contributed by atoms with Crippen LogP contribution in [0.5, 0.6) is 5.75 Å². The third-order valence-corrected chi connectivity index (χ3v) is 7.69. The number of amides is 1. The van der Waals surface area contributed by atoms with Crippen LogP contribution in [0.3, 0.4) is 0 Å². The predicted octanol–water partition coefficient (Wildman–Crippen LogP) is 2.94. The lowest BCUT2D eigenvalue weighted by Gasteiger charge is -2.18. The molecule has 0 atom stereocenters. The van der Waals surface area contributed by atoms with Gasteiger partial charge in [-0.2, -0.15) is 4.31 Å². The van der Waals surface area contributed by atoms with Crippen molar-refractivity contribution in [1.29, 1.82) is 0 Å². The molecule has 0 saturated carbocycles. The molecule has 0 unspecified atom stereocenters. The fraction of sp³-hybridized carbons (Fsp3) is 0.381. The first-order valence-corrected chi connectivity index (χ1v) is 11.9. The number of hydrogen-bond acceptors (Lipinski definition) is 7. The third kappa shape index (κ3) is 4.26. The van der Waals surface area contributed by atoms with Crippen molar-refractivity contribution in [3.05, 3.63) is 52.1 Å². The van der Waals surface area contributed by atoms with Crippen LogP contribution in [0.15, 0.2) is 41.3 Å². The van der Waals surface area contributed by atoms with Crippen LogP contribution in [0.2, 0.25) is 0 Å². The van der Waals surface area contributed by atoms with Crippen molar-refractivity contribution in [3.63, 3.8) is 0 Å². The lowest BCUT2D eigenvalue weighted by molar-refractivity contribution is -0.384. The van der Waals surface area contributed by atoms with E-state index in [-0.39, 0.29) is 27.6 Å². The predicted molar refractivity (Wildman–Crippen MR) is 119 cm³/mol. The first-order valence-electron chi connectivity index (χ1n) is 10.5. The number of phenolic OH excluding ortho intramolecular Hbond substituents is 1. The van der Waals surface area contributed by atoms with E-state index >= 15 is 0 Å². The number of rotatable bonds is 6. The number of nitrogens with zero attached hydrogens (tertiary/aromatic N) is 3. The second-order valence-electron chi connectivity index (χ2n) is 7.90. The zero-order chi connectivity index (χ0) is 22.9. The normalized spacial score (nSPS) is 16.9. The Morgan fingerprint density at radius 3 is 2.31 bits per heavy atom. The highest BCUT2D eigenvalue weighted by atomic mass is 32.2. The lowest BCUT2D eigenvalue weighted by atomic mass is 10.1. The molecule has 10 nitrogen and oxygen atoms in total. The number of hydrogen-bond donors (Lipinski definition) is 2. The lowest BCUT2D eigenvalue weighted by Crippen LogP contribution is -2.28. The molecule has 2 saturated heterocycles. The SMILES string of the molecule is O=C(Nc1cc(S(=O)(=O)N2CCCC2)ccc1O)c1ccc(N2CCCC2)c([N+](=O)[O-])c1. The molecule has 170 valence electrons. The summed E-state index contributed by atoms with van der Waals surface area (Å²) in [6.07, 6.45) is 3.48. The molecule has 0 aromatic heterocycles. The van der Waals surface area contributed by atoms with E-state index in [0.717, 1.165) is 38.8 Å². The van der Waals surface area contributed by atoms with Gasteiger partial charge in [0.15, 0.2) is 0 Å². The summed E-state index contributed by atoms with van der Waals surface area (Å²) in [4.78, 5) is 25.7. The van der Waals surface area contributed by atoms with E-state index < -0.39 is 20.9 Å². The monoisotopic (exact) mass is 460 g/mol. The smallest absolute Gasteiger partial charge is 0.293 e. The number of sulfonamides is 1. The van der Waals surface area contributed by atoms with Gasteiger partial charge in [0.2, 0.25) is 10.0 Å². The van der Waals surface area contributed by atoms with E-state index in [2.05, 4.69) is 5.32 Å². The summed E-state index contributed by atoms with van der Waals surface area (Å²) < 4.78 is 26.9. The van der Waals surface area contributed by atoms with Gasteiger partial charge < -0.3 is 15.3 Å². The number of phenols is 1. The zero-order valence-electron chi connectivity index (χ0n) is 17.4. The molecule has 11 heteroatoms. The molecule has 2 N–H and O–H groups in total. The first kappa shape index (κ1) is 22.0. The van der Waals surface area contributed by atoms with Gasteiger partial charge in [-0.25, -0.2) is 8.42 Å². The molecule has 2 fully saturated rings. The van der Waals surface area contributed by atoms with Crippen LogP contribution in [-0.2, 0) is 10.0 Å². The summed E-state index contributed by atoms with van der Waals surface area (Å²) in [7, 11) is -3.74. The quantitative estimate of drug-likeness (QED) is 0.385. The van der Waals surface area contributed by atoms with Crippen molar-refractivity contribution >= 4 is 33.0 Å². The number of aromatic hydroxyl groups is 1. The molecular weight excluding hydrogens is 436 g/mol. The van der Waals surface area contributed by atoms with Gasteiger partial charge in [0.25, 0.3) is 11.6 Å². The topological polar surface area (TPSA) is 133 Å². The number of nitro benzene ring substituents is 1. The Hall–Kier alpha value is -3.18. The van der Waals surface area contributed by atoms with Crippen LogP contribution in [-0.4, -0.2) is 54.8 Å². The third-order valence-electron chi connectivity index (χ3n) is 5.80. The van der Waals surface area contributed by atoms with Crippen LogP contribution in [0.25, 0.3) is 0 Å². The van der Waals surface area contributed by atoms with Crippen molar-refractivity contribution in [3.8, 4) is 5.75 Å². The highest BCUT2D eigenvalue weighted by Gasteiger charge is 2.28. The maximum atomic E-state index is 12.8. The summed E-state index contributed by atoms with van der Waals surface area (Å²) in [5.74, 6) is -0.992. The van der Waals surface area contributed by atoms with E-state index in [9.17, 15) is 28.4 Å². The molecule has 2 aromatic carbocycles. The van der Waals surface area contributed by atoms with Gasteiger partial charge in [-0.05, 0) is 56.0 Å². The van der Waals surface area contributed by atoms with Crippen molar-refractivity contribution < 1.29 is 23.2 Å². The summed E-state index contributed by atoms with van der Waals surface area (Å²) >= 11 is 0. The standard InChI is InChI=1S/C21H24N4O6S/c26-20-8-6-16(32(30,31)24-11-3-4-12-24)14-17(20)22-21(27)15-5-7-18(19(13-15)25(28)29)23-9-1-2-10-23/h5-8,13-14,26H,1-4,9-12H2,(H,22,27). The summed E-state index contributed by atoms with van der Waals surface area (Å²) in [6, 6.07) is 7.93. The van der Waals surface area contributed by atoms with Gasteiger partial charge in [-0.1, -0.05) is 0 Å². The minimum Gasteiger partial charge on any atom is -0.506 e. The van der Waals surface area contributed by atoms with Crippen molar-refractivity contribution in [2.24, 2.45) is 0 Å². The Bertz CT molecular complexity index is 1150. The number of nitro groups is 1. The van der Waals surface area contributed by atoms with Gasteiger partial charge >= 0.3 is 0 Å². The van der Waals surface area contributed by atoms with Gasteiger partial charge in [-0.3, -0.25) is 14.9 Å². The van der Waals surface area contributed by atoms with E-state index in [1.807, 2.05) is 4.90 Å². The maximum absolute atomic E-state index is 12.8. The van der Waals surface area contributed by atoms with E-state index in [0.29, 0.717) is 18.8 Å². The van der Waals surface area contributed by atoms with Gasteiger partial charge in [0.05, 0.1) is 15.5 Å². The first-order chi connectivity index (χ1) is 15.3. The average molecular weight is 461 g/mol. The Morgan fingerprint density at radius 1 is 1.00 bits per heavy atom. The maximum Gasteiger partial charge on any atom is 0.293 e. The van der Waals surface area contributed by atoms with Gasteiger partial charge in [0.1, 0.15) is 11.4 Å². The second kappa shape index (κ2) is 8.75. The van der Waals surface area contributed by atoms with E-state index in [1.165, 1.54) is 34.6 Å². The summed E-state index contributed by atoms with van der Waals surface area (Å²) in [6.45, 7) is 2.30. The molecule has 0 spiro atoms. The molecular formula is C21H24N4O6S. The molecule has 4 rings (SSSR count). The number of carbonyl (C=O) groups excluding carboxylic acids is 1. The number of carbonyl (C=O) groups is 1. The molecule has 0 aliphatic carbocycles. The van der Waals surface area contributed by atoms with Crippen LogP contribution in [0.4, 0.5) is 17.1 Å².